The minimum absolute atomic E-state index is 0.238. The number of benzene rings is 1. The van der Waals surface area contributed by atoms with E-state index in [1.807, 2.05) is 20.8 Å². The second kappa shape index (κ2) is 5.63. The Balaban J connectivity index is 2.50. The van der Waals surface area contributed by atoms with Crippen molar-refractivity contribution < 1.29 is 13.9 Å². The molecule has 0 atom stereocenters. The summed E-state index contributed by atoms with van der Waals surface area (Å²) in [6.45, 7) is 5.50. The zero-order chi connectivity index (χ0) is 13.1. The summed E-state index contributed by atoms with van der Waals surface area (Å²) in [5.74, 6) is -0.538. The van der Waals surface area contributed by atoms with Gasteiger partial charge in [-0.3, -0.25) is 4.79 Å². The summed E-state index contributed by atoms with van der Waals surface area (Å²) in [5.41, 5.74) is 0.449. The molecule has 0 unspecified atom stereocenters. The highest BCUT2D eigenvalue weighted by atomic mass is 79.9. The number of esters is 1. The Bertz CT molecular complexity index is 410. The average molecular weight is 303 g/mol. The van der Waals surface area contributed by atoms with E-state index in [9.17, 15) is 9.18 Å². The van der Waals surface area contributed by atoms with Crippen LogP contribution in [0.15, 0.2) is 22.7 Å². The summed E-state index contributed by atoms with van der Waals surface area (Å²) < 4.78 is 18.6. The third-order valence-corrected chi connectivity index (χ3v) is 2.63. The molecule has 1 aromatic rings. The lowest BCUT2D eigenvalue weighted by Crippen LogP contribution is -2.24. The Morgan fingerprint density at radius 2 is 2.06 bits per heavy atom. The number of hydrogen-bond acceptors (Lipinski definition) is 2. The maximum atomic E-state index is 13.0. The van der Waals surface area contributed by atoms with E-state index in [2.05, 4.69) is 15.9 Å². The molecule has 1 aromatic carbocycles. The first-order valence-corrected chi connectivity index (χ1v) is 6.23. The van der Waals surface area contributed by atoms with Gasteiger partial charge in [0.25, 0.3) is 0 Å². The van der Waals surface area contributed by atoms with Crippen molar-refractivity contribution in [2.45, 2.75) is 39.2 Å². The molecule has 0 aliphatic heterocycles. The van der Waals surface area contributed by atoms with Gasteiger partial charge in [0.1, 0.15) is 11.4 Å². The van der Waals surface area contributed by atoms with Gasteiger partial charge in [-0.15, -0.1) is 0 Å². The third-order valence-electron chi connectivity index (χ3n) is 2.02. The first-order chi connectivity index (χ1) is 7.78. The van der Waals surface area contributed by atoms with Crippen molar-refractivity contribution in [3.8, 4) is 0 Å². The van der Waals surface area contributed by atoms with Gasteiger partial charge in [-0.05, 0) is 60.8 Å². The monoisotopic (exact) mass is 302 g/mol. The molecular weight excluding hydrogens is 287 g/mol. The first-order valence-electron chi connectivity index (χ1n) is 5.44. The van der Waals surface area contributed by atoms with Gasteiger partial charge in [0.2, 0.25) is 0 Å². The standard InChI is InChI=1S/C13H16BrFO2/c1-13(2,3)17-12(16)7-5-9-4-6-11(15)10(14)8-9/h4,6,8H,5,7H2,1-3H3. The van der Waals surface area contributed by atoms with E-state index < -0.39 is 5.60 Å². The number of ether oxygens (including phenoxy) is 1. The van der Waals surface area contributed by atoms with E-state index in [4.69, 9.17) is 4.74 Å². The number of carbonyl (C=O) groups is 1. The Labute approximate surface area is 109 Å². The van der Waals surface area contributed by atoms with E-state index >= 15 is 0 Å². The highest BCUT2D eigenvalue weighted by Crippen LogP contribution is 2.18. The molecule has 0 N–H and O–H groups in total. The Hall–Kier alpha value is -0.900. The van der Waals surface area contributed by atoms with Crippen molar-refractivity contribution >= 4 is 21.9 Å². The topological polar surface area (TPSA) is 26.3 Å². The average Bonchev–Trinajstić information content (AvgIpc) is 2.17. The zero-order valence-corrected chi connectivity index (χ0v) is 11.8. The van der Waals surface area contributed by atoms with Crippen LogP contribution in [0, 0.1) is 5.82 Å². The molecule has 0 aliphatic carbocycles. The van der Waals surface area contributed by atoms with E-state index in [-0.39, 0.29) is 11.8 Å². The van der Waals surface area contributed by atoms with Crippen molar-refractivity contribution in [1.29, 1.82) is 0 Å². The largest absolute Gasteiger partial charge is 0.460 e. The molecule has 0 saturated carbocycles. The molecule has 0 fully saturated rings. The number of hydrogen-bond donors (Lipinski definition) is 0. The predicted octanol–water partition coefficient (Wildman–Crippen LogP) is 3.86. The van der Waals surface area contributed by atoms with Crippen LogP contribution in [-0.4, -0.2) is 11.6 Å². The Morgan fingerprint density at radius 3 is 2.59 bits per heavy atom. The maximum absolute atomic E-state index is 13.0. The van der Waals surface area contributed by atoms with Crippen molar-refractivity contribution in [2.24, 2.45) is 0 Å². The maximum Gasteiger partial charge on any atom is 0.306 e. The summed E-state index contributed by atoms with van der Waals surface area (Å²) in [5, 5.41) is 0. The molecule has 0 bridgehead atoms. The van der Waals surface area contributed by atoms with Crippen LogP contribution in [0.1, 0.15) is 32.8 Å². The van der Waals surface area contributed by atoms with Crippen LogP contribution < -0.4 is 0 Å². The van der Waals surface area contributed by atoms with Crippen LogP contribution in [0.2, 0.25) is 0 Å². The van der Waals surface area contributed by atoms with E-state index in [1.165, 1.54) is 6.07 Å². The van der Waals surface area contributed by atoms with Gasteiger partial charge in [0.15, 0.2) is 0 Å². The van der Waals surface area contributed by atoms with Gasteiger partial charge in [-0.1, -0.05) is 6.07 Å². The second-order valence-electron chi connectivity index (χ2n) is 4.83. The van der Waals surface area contributed by atoms with Crippen molar-refractivity contribution in [1.82, 2.24) is 0 Å². The second-order valence-corrected chi connectivity index (χ2v) is 5.69. The number of carbonyl (C=O) groups excluding carboxylic acids is 1. The lowest BCUT2D eigenvalue weighted by Gasteiger charge is -2.19. The predicted molar refractivity (Wildman–Crippen MR) is 68.3 cm³/mol. The molecule has 0 saturated heterocycles. The lowest BCUT2D eigenvalue weighted by molar-refractivity contribution is -0.154. The molecule has 0 radical (unpaired) electrons. The highest BCUT2D eigenvalue weighted by molar-refractivity contribution is 9.10. The van der Waals surface area contributed by atoms with E-state index in [1.54, 1.807) is 12.1 Å². The molecule has 17 heavy (non-hydrogen) atoms. The van der Waals surface area contributed by atoms with Gasteiger partial charge in [0, 0.05) is 6.42 Å². The summed E-state index contributed by atoms with van der Waals surface area (Å²) in [6, 6.07) is 4.73. The van der Waals surface area contributed by atoms with Gasteiger partial charge in [0.05, 0.1) is 4.47 Å². The summed E-state index contributed by atoms with van der Waals surface area (Å²) >= 11 is 3.11. The van der Waals surface area contributed by atoms with Crippen LogP contribution in [0.4, 0.5) is 4.39 Å². The molecule has 0 amide bonds. The molecule has 0 aromatic heterocycles. The first kappa shape index (κ1) is 14.2. The number of halogens is 2. The molecule has 4 heteroatoms. The molecule has 0 aliphatic rings. The van der Waals surface area contributed by atoms with Crippen molar-refractivity contribution in [2.75, 3.05) is 0 Å². The zero-order valence-electron chi connectivity index (χ0n) is 10.2. The number of rotatable bonds is 3. The fourth-order valence-electron chi connectivity index (χ4n) is 1.33. The normalized spacial score (nSPS) is 11.4. The van der Waals surface area contributed by atoms with E-state index in [0.717, 1.165) is 5.56 Å². The van der Waals surface area contributed by atoms with Gasteiger partial charge < -0.3 is 4.74 Å². The van der Waals surface area contributed by atoms with Crippen molar-refractivity contribution in [3.63, 3.8) is 0 Å². The number of aryl methyl sites for hydroxylation is 1. The molecule has 94 valence electrons. The minimum atomic E-state index is -0.458. The molecule has 0 heterocycles. The van der Waals surface area contributed by atoms with Gasteiger partial charge in [-0.2, -0.15) is 0 Å². The summed E-state index contributed by atoms with van der Waals surface area (Å²) in [7, 11) is 0. The van der Waals surface area contributed by atoms with Gasteiger partial charge >= 0.3 is 5.97 Å². The Morgan fingerprint density at radius 1 is 1.41 bits per heavy atom. The van der Waals surface area contributed by atoms with E-state index in [0.29, 0.717) is 17.3 Å². The van der Waals surface area contributed by atoms with Gasteiger partial charge in [-0.25, -0.2) is 4.39 Å². The molecule has 1 rings (SSSR count). The minimum Gasteiger partial charge on any atom is -0.460 e. The summed E-state index contributed by atoms with van der Waals surface area (Å²) in [6.07, 6.45) is 0.850. The Kier molecular flexibility index (Phi) is 4.69. The van der Waals surface area contributed by atoms with Crippen LogP contribution in [0.3, 0.4) is 0 Å². The van der Waals surface area contributed by atoms with Crippen LogP contribution in [0.5, 0.6) is 0 Å². The van der Waals surface area contributed by atoms with Crippen LogP contribution in [0.25, 0.3) is 0 Å². The molecule has 2 nitrogen and oxygen atoms in total. The molecular formula is C13H16BrFO2. The SMILES string of the molecule is CC(C)(C)OC(=O)CCc1ccc(F)c(Br)c1. The van der Waals surface area contributed by atoms with Crippen LogP contribution in [-0.2, 0) is 16.0 Å². The quantitative estimate of drug-likeness (QED) is 0.793. The lowest BCUT2D eigenvalue weighted by atomic mass is 10.1. The third kappa shape index (κ3) is 5.31. The fraction of sp³-hybridized carbons (Fsp3) is 0.462. The smallest absolute Gasteiger partial charge is 0.306 e. The summed E-state index contributed by atoms with van der Waals surface area (Å²) in [4.78, 5) is 11.5. The van der Waals surface area contributed by atoms with Crippen LogP contribution >= 0.6 is 15.9 Å². The van der Waals surface area contributed by atoms with Crippen molar-refractivity contribution in [3.05, 3.63) is 34.1 Å². The molecule has 0 spiro atoms. The highest BCUT2D eigenvalue weighted by Gasteiger charge is 2.15. The fourth-order valence-corrected chi connectivity index (χ4v) is 1.76.